The number of guanidine groups is 1. The molecule has 0 fully saturated rings. The molecule has 1 aliphatic heterocycles. The van der Waals surface area contributed by atoms with Crippen LogP contribution in [0.5, 0.6) is 0 Å². The molecule has 2 aromatic rings. The minimum atomic E-state index is 0. The van der Waals surface area contributed by atoms with Gasteiger partial charge in [0.15, 0.2) is 5.96 Å². The Morgan fingerprint density at radius 1 is 1.14 bits per heavy atom. The third kappa shape index (κ3) is 7.30. The van der Waals surface area contributed by atoms with Crippen LogP contribution in [-0.2, 0) is 24.3 Å². The van der Waals surface area contributed by atoms with Crippen molar-refractivity contribution in [2.24, 2.45) is 4.99 Å². The predicted molar refractivity (Wildman–Crippen MR) is 127 cm³/mol. The highest BCUT2D eigenvalue weighted by Gasteiger charge is 2.19. The van der Waals surface area contributed by atoms with E-state index in [-0.39, 0.29) is 29.9 Å². The molecule has 0 saturated carbocycles. The van der Waals surface area contributed by atoms with Gasteiger partial charge in [0.25, 0.3) is 0 Å². The highest BCUT2D eigenvalue weighted by Crippen LogP contribution is 2.19. The lowest BCUT2D eigenvalue weighted by atomic mass is 9.99. The fourth-order valence-corrected chi connectivity index (χ4v) is 3.31. The molecular weight excluding hydrogens is 477 g/mol. The number of nitrogens with one attached hydrogen (secondary N) is 2. The van der Waals surface area contributed by atoms with E-state index in [0.717, 1.165) is 44.1 Å². The summed E-state index contributed by atoms with van der Waals surface area (Å²) in [6.07, 6.45) is 4.06. The Morgan fingerprint density at radius 2 is 1.93 bits per heavy atom. The molecular formula is C22H30IN5O. The molecule has 1 aliphatic rings. The number of fused-ring (bicyclic) bond motifs is 1. The summed E-state index contributed by atoms with van der Waals surface area (Å²) in [5.41, 5.74) is 3.57. The van der Waals surface area contributed by atoms with Crippen LogP contribution < -0.4 is 10.6 Å². The molecule has 1 aromatic heterocycles. The normalized spacial score (nSPS) is 13.3. The van der Waals surface area contributed by atoms with Gasteiger partial charge in [-0.25, -0.2) is 4.99 Å². The first-order chi connectivity index (χ1) is 13.8. The van der Waals surface area contributed by atoms with Crippen LogP contribution in [0.1, 0.15) is 36.6 Å². The van der Waals surface area contributed by atoms with E-state index in [1.165, 1.54) is 11.1 Å². The monoisotopic (exact) mass is 507 g/mol. The van der Waals surface area contributed by atoms with Crippen LogP contribution in [0, 0.1) is 0 Å². The molecule has 0 bridgehead atoms. The lowest BCUT2D eigenvalue weighted by molar-refractivity contribution is -0.132. The fraction of sp³-hybridized carbons (Fsp3) is 0.409. The van der Waals surface area contributed by atoms with Crippen molar-refractivity contribution in [2.45, 2.75) is 39.3 Å². The number of hydrogen-bond donors (Lipinski definition) is 2. The second kappa shape index (κ2) is 12.4. The van der Waals surface area contributed by atoms with Crippen molar-refractivity contribution in [3.05, 3.63) is 65.5 Å². The quantitative estimate of drug-likeness (QED) is 0.262. The molecule has 0 unspecified atom stereocenters. The van der Waals surface area contributed by atoms with Crippen LogP contribution in [-0.4, -0.2) is 41.4 Å². The molecule has 0 saturated heterocycles. The summed E-state index contributed by atoms with van der Waals surface area (Å²) in [7, 11) is 0. The maximum absolute atomic E-state index is 12.5. The van der Waals surface area contributed by atoms with Crippen molar-refractivity contribution >= 4 is 35.8 Å². The van der Waals surface area contributed by atoms with Gasteiger partial charge in [0.1, 0.15) is 0 Å². The SMILES string of the molecule is CCNC(=NCc1ccccn1)NCCCC(=O)N1CCc2ccccc2C1.I. The standard InChI is InChI=1S/C22H29N5O.HI/c1-2-23-22(26-16-20-10-5-6-13-24-20)25-14-7-11-21(28)27-15-12-18-8-3-4-9-19(18)17-27;/h3-6,8-10,13H,2,7,11-12,14-17H2,1H3,(H2,23,25,26);1H. The summed E-state index contributed by atoms with van der Waals surface area (Å²) < 4.78 is 0. The highest BCUT2D eigenvalue weighted by molar-refractivity contribution is 14.0. The number of halogens is 1. The molecule has 29 heavy (non-hydrogen) atoms. The van der Waals surface area contributed by atoms with Gasteiger partial charge in [-0.15, -0.1) is 24.0 Å². The van der Waals surface area contributed by atoms with Crippen LogP contribution in [0.4, 0.5) is 0 Å². The molecule has 7 heteroatoms. The van der Waals surface area contributed by atoms with E-state index in [1.807, 2.05) is 36.1 Å². The molecule has 0 atom stereocenters. The van der Waals surface area contributed by atoms with Crippen molar-refractivity contribution in [3.8, 4) is 0 Å². The zero-order valence-corrected chi connectivity index (χ0v) is 19.3. The maximum atomic E-state index is 12.5. The Morgan fingerprint density at radius 3 is 2.69 bits per heavy atom. The Bertz CT molecular complexity index is 797. The van der Waals surface area contributed by atoms with E-state index in [0.29, 0.717) is 19.5 Å². The van der Waals surface area contributed by atoms with Crippen LogP contribution in [0.15, 0.2) is 53.7 Å². The van der Waals surface area contributed by atoms with Gasteiger partial charge in [0.05, 0.1) is 12.2 Å². The van der Waals surface area contributed by atoms with Crippen molar-refractivity contribution in [2.75, 3.05) is 19.6 Å². The number of carbonyl (C=O) groups excluding carboxylic acids is 1. The van der Waals surface area contributed by atoms with Gasteiger partial charge in [-0.1, -0.05) is 30.3 Å². The summed E-state index contributed by atoms with van der Waals surface area (Å²) in [5, 5.41) is 6.54. The maximum Gasteiger partial charge on any atom is 0.222 e. The average Bonchev–Trinajstić information content (AvgIpc) is 2.75. The Kier molecular flexibility index (Phi) is 9.90. The highest BCUT2D eigenvalue weighted by atomic mass is 127. The molecule has 1 aromatic carbocycles. The number of pyridine rings is 1. The van der Waals surface area contributed by atoms with Gasteiger partial charge in [0, 0.05) is 38.8 Å². The molecule has 0 spiro atoms. The second-order valence-electron chi connectivity index (χ2n) is 6.88. The number of carbonyl (C=O) groups is 1. The zero-order valence-electron chi connectivity index (χ0n) is 16.9. The molecule has 156 valence electrons. The topological polar surface area (TPSA) is 69.6 Å². The van der Waals surface area contributed by atoms with E-state index in [1.54, 1.807) is 6.20 Å². The number of amides is 1. The number of rotatable bonds is 7. The molecule has 2 N–H and O–H groups in total. The van der Waals surface area contributed by atoms with Crippen molar-refractivity contribution in [1.29, 1.82) is 0 Å². The Hall–Kier alpha value is -2.16. The van der Waals surface area contributed by atoms with Crippen LogP contribution in [0.2, 0.25) is 0 Å². The number of hydrogen-bond acceptors (Lipinski definition) is 3. The van der Waals surface area contributed by atoms with Gasteiger partial charge in [0.2, 0.25) is 5.91 Å². The summed E-state index contributed by atoms with van der Waals surface area (Å²) in [5.74, 6) is 0.985. The summed E-state index contributed by atoms with van der Waals surface area (Å²) in [6, 6.07) is 14.2. The summed E-state index contributed by atoms with van der Waals surface area (Å²) >= 11 is 0. The molecule has 1 amide bonds. The largest absolute Gasteiger partial charge is 0.357 e. The average molecular weight is 507 g/mol. The van der Waals surface area contributed by atoms with E-state index < -0.39 is 0 Å². The van der Waals surface area contributed by atoms with E-state index in [4.69, 9.17) is 0 Å². The van der Waals surface area contributed by atoms with Crippen LogP contribution >= 0.6 is 24.0 Å². The Balaban J connectivity index is 0.00000300. The first kappa shape index (κ1) is 23.1. The molecule has 0 aliphatic carbocycles. The Labute approximate surface area is 190 Å². The summed E-state index contributed by atoms with van der Waals surface area (Å²) in [6.45, 7) is 5.62. The van der Waals surface area contributed by atoms with Gasteiger partial charge in [-0.3, -0.25) is 9.78 Å². The molecule has 6 nitrogen and oxygen atoms in total. The van der Waals surface area contributed by atoms with Gasteiger partial charge < -0.3 is 15.5 Å². The number of benzene rings is 1. The van der Waals surface area contributed by atoms with Crippen LogP contribution in [0.3, 0.4) is 0 Å². The van der Waals surface area contributed by atoms with Crippen molar-refractivity contribution < 1.29 is 4.79 Å². The minimum absolute atomic E-state index is 0. The smallest absolute Gasteiger partial charge is 0.222 e. The number of aliphatic imine (C=N–C) groups is 1. The first-order valence-corrected chi connectivity index (χ1v) is 10.0. The molecule has 0 radical (unpaired) electrons. The van der Waals surface area contributed by atoms with Gasteiger partial charge >= 0.3 is 0 Å². The third-order valence-corrected chi connectivity index (χ3v) is 4.81. The lowest BCUT2D eigenvalue weighted by Crippen LogP contribution is -2.39. The predicted octanol–water partition coefficient (Wildman–Crippen LogP) is 3.12. The van der Waals surface area contributed by atoms with Crippen LogP contribution in [0.25, 0.3) is 0 Å². The molecule has 2 heterocycles. The third-order valence-electron chi connectivity index (χ3n) is 4.81. The van der Waals surface area contributed by atoms with E-state index >= 15 is 0 Å². The first-order valence-electron chi connectivity index (χ1n) is 10.0. The van der Waals surface area contributed by atoms with Gasteiger partial charge in [-0.05, 0) is 43.0 Å². The number of aromatic nitrogens is 1. The zero-order chi connectivity index (χ0) is 19.6. The molecule has 3 rings (SSSR count). The fourth-order valence-electron chi connectivity index (χ4n) is 3.31. The van der Waals surface area contributed by atoms with E-state index in [2.05, 4.69) is 38.8 Å². The van der Waals surface area contributed by atoms with E-state index in [9.17, 15) is 4.79 Å². The summed E-state index contributed by atoms with van der Waals surface area (Å²) in [4.78, 5) is 23.3. The van der Waals surface area contributed by atoms with Crippen molar-refractivity contribution in [3.63, 3.8) is 0 Å². The van der Waals surface area contributed by atoms with Crippen molar-refractivity contribution in [1.82, 2.24) is 20.5 Å². The minimum Gasteiger partial charge on any atom is -0.357 e. The van der Waals surface area contributed by atoms with Gasteiger partial charge in [-0.2, -0.15) is 0 Å². The number of nitrogens with zero attached hydrogens (tertiary/aromatic N) is 3. The second-order valence-corrected chi connectivity index (χ2v) is 6.88. The lowest BCUT2D eigenvalue weighted by Gasteiger charge is -2.29.